The first kappa shape index (κ1) is 9.13. The Morgan fingerprint density at radius 2 is 1.86 bits per heavy atom. The molecule has 2 aliphatic carbocycles. The standard InChI is InChI=1S/C11H20N2O/c12-9-2-1-3-10(9)13-6-11(14,7-13)8-4-5-8/h8-10,14H,1-7,12H2. The van der Waals surface area contributed by atoms with Crippen LogP contribution >= 0.6 is 0 Å². The predicted octanol–water partition coefficient (Wildman–Crippen LogP) is 0.323. The van der Waals surface area contributed by atoms with Gasteiger partial charge < -0.3 is 10.8 Å². The van der Waals surface area contributed by atoms with Crippen molar-refractivity contribution in [1.82, 2.24) is 4.90 Å². The van der Waals surface area contributed by atoms with Gasteiger partial charge in [0.25, 0.3) is 0 Å². The van der Waals surface area contributed by atoms with E-state index >= 15 is 0 Å². The summed E-state index contributed by atoms with van der Waals surface area (Å²) in [5.41, 5.74) is 5.72. The van der Waals surface area contributed by atoms with Crippen LogP contribution in [0.3, 0.4) is 0 Å². The second kappa shape index (κ2) is 2.94. The van der Waals surface area contributed by atoms with E-state index in [1.54, 1.807) is 0 Å². The summed E-state index contributed by atoms with van der Waals surface area (Å²) < 4.78 is 0. The summed E-state index contributed by atoms with van der Waals surface area (Å²) in [7, 11) is 0. The topological polar surface area (TPSA) is 49.5 Å². The summed E-state index contributed by atoms with van der Waals surface area (Å²) in [4.78, 5) is 2.40. The number of hydrogen-bond donors (Lipinski definition) is 2. The minimum atomic E-state index is -0.331. The lowest BCUT2D eigenvalue weighted by Crippen LogP contribution is -2.67. The lowest BCUT2D eigenvalue weighted by atomic mass is 9.86. The summed E-state index contributed by atoms with van der Waals surface area (Å²) in [6.45, 7) is 1.77. The van der Waals surface area contributed by atoms with E-state index in [0.717, 1.165) is 13.1 Å². The molecule has 2 unspecified atom stereocenters. The van der Waals surface area contributed by atoms with Crippen molar-refractivity contribution in [2.45, 2.75) is 49.8 Å². The van der Waals surface area contributed by atoms with Crippen LogP contribution in [0.1, 0.15) is 32.1 Å². The molecule has 3 fully saturated rings. The van der Waals surface area contributed by atoms with Gasteiger partial charge in [-0.25, -0.2) is 0 Å². The molecule has 3 N–H and O–H groups in total. The van der Waals surface area contributed by atoms with Gasteiger partial charge in [-0.1, -0.05) is 6.42 Å². The van der Waals surface area contributed by atoms with Crippen LogP contribution in [0.4, 0.5) is 0 Å². The van der Waals surface area contributed by atoms with Gasteiger partial charge in [0.05, 0.1) is 5.60 Å². The average molecular weight is 196 g/mol. The number of aliphatic hydroxyl groups is 1. The van der Waals surface area contributed by atoms with Crippen molar-refractivity contribution in [3.63, 3.8) is 0 Å². The molecule has 2 saturated carbocycles. The molecule has 80 valence electrons. The lowest BCUT2D eigenvalue weighted by Gasteiger charge is -2.50. The summed E-state index contributed by atoms with van der Waals surface area (Å²) in [6.07, 6.45) is 6.15. The number of hydrogen-bond acceptors (Lipinski definition) is 3. The van der Waals surface area contributed by atoms with Crippen molar-refractivity contribution in [2.24, 2.45) is 11.7 Å². The normalized spacial score (nSPS) is 42.4. The molecule has 0 amide bonds. The molecule has 0 bridgehead atoms. The Balaban J connectivity index is 1.58. The molecular weight excluding hydrogens is 176 g/mol. The first-order chi connectivity index (χ1) is 6.69. The van der Waals surface area contributed by atoms with E-state index in [-0.39, 0.29) is 5.60 Å². The molecule has 2 atom stereocenters. The van der Waals surface area contributed by atoms with Gasteiger partial charge in [-0.05, 0) is 31.6 Å². The Labute approximate surface area is 85.3 Å². The number of nitrogens with two attached hydrogens (primary N) is 1. The van der Waals surface area contributed by atoms with E-state index in [1.165, 1.54) is 32.1 Å². The SMILES string of the molecule is NC1CCCC1N1CC(O)(C2CC2)C1. The van der Waals surface area contributed by atoms with Crippen LogP contribution in [-0.2, 0) is 0 Å². The van der Waals surface area contributed by atoms with E-state index in [0.29, 0.717) is 18.0 Å². The van der Waals surface area contributed by atoms with Gasteiger partial charge >= 0.3 is 0 Å². The van der Waals surface area contributed by atoms with E-state index < -0.39 is 0 Å². The molecule has 1 saturated heterocycles. The van der Waals surface area contributed by atoms with E-state index in [4.69, 9.17) is 5.73 Å². The van der Waals surface area contributed by atoms with Crippen LogP contribution < -0.4 is 5.73 Å². The number of rotatable bonds is 2. The van der Waals surface area contributed by atoms with E-state index in [2.05, 4.69) is 4.90 Å². The molecule has 0 aromatic rings. The third kappa shape index (κ3) is 1.30. The zero-order valence-electron chi connectivity index (χ0n) is 8.65. The quantitative estimate of drug-likeness (QED) is 0.669. The van der Waals surface area contributed by atoms with Crippen molar-refractivity contribution in [1.29, 1.82) is 0 Å². The van der Waals surface area contributed by atoms with E-state index in [1.807, 2.05) is 0 Å². The molecule has 3 nitrogen and oxygen atoms in total. The fraction of sp³-hybridized carbons (Fsp3) is 1.00. The molecule has 3 rings (SSSR count). The Morgan fingerprint density at radius 1 is 1.14 bits per heavy atom. The third-order valence-corrected chi connectivity index (χ3v) is 4.29. The molecule has 14 heavy (non-hydrogen) atoms. The van der Waals surface area contributed by atoms with Gasteiger partial charge in [-0.15, -0.1) is 0 Å². The smallest absolute Gasteiger partial charge is 0.0928 e. The van der Waals surface area contributed by atoms with Crippen LogP contribution in [0.15, 0.2) is 0 Å². The molecular formula is C11H20N2O. The first-order valence-electron chi connectivity index (χ1n) is 5.91. The maximum Gasteiger partial charge on any atom is 0.0928 e. The monoisotopic (exact) mass is 196 g/mol. The highest BCUT2D eigenvalue weighted by atomic mass is 16.3. The number of likely N-dealkylation sites (tertiary alicyclic amines) is 1. The molecule has 3 aliphatic rings. The molecule has 0 aromatic heterocycles. The Kier molecular flexibility index (Phi) is 1.92. The highest BCUT2D eigenvalue weighted by molar-refractivity contribution is 5.08. The van der Waals surface area contributed by atoms with Gasteiger partial charge in [0, 0.05) is 25.2 Å². The number of nitrogens with zero attached hydrogens (tertiary/aromatic N) is 1. The summed E-state index contributed by atoms with van der Waals surface area (Å²) in [5, 5.41) is 10.2. The fourth-order valence-corrected chi connectivity index (χ4v) is 3.19. The van der Waals surface area contributed by atoms with Gasteiger partial charge in [0.1, 0.15) is 0 Å². The van der Waals surface area contributed by atoms with Crippen LogP contribution in [0.5, 0.6) is 0 Å². The fourth-order valence-electron chi connectivity index (χ4n) is 3.19. The van der Waals surface area contributed by atoms with Crippen LogP contribution in [0.2, 0.25) is 0 Å². The zero-order valence-corrected chi connectivity index (χ0v) is 8.65. The van der Waals surface area contributed by atoms with Crippen LogP contribution in [0, 0.1) is 5.92 Å². The van der Waals surface area contributed by atoms with Crippen molar-refractivity contribution in [2.75, 3.05) is 13.1 Å². The van der Waals surface area contributed by atoms with Gasteiger partial charge in [0.15, 0.2) is 0 Å². The highest BCUT2D eigenvalue weighted by Crippen LogP contribution is 2.46. The minimum Gasteiger partial charge on any atom is -0.387 e. The van der Waals surface area contributed by atoms with Crippen molar-refractivity contribution >= 4 is 0 Å². The summed E-state index contributed by atoms with van der Waals surface area (Å²) >= 11 is 0. The zero-order chi connectivity index (χ0) is 9.76. The molecule has 0 aromatic carbocycles. The van der Waals surface area contributed by atoms with Crippen molar-refractivity contribution in [3.8, 4) is 0 Å². The molecule has 0 radical (unpaired) electrons. The molecule has 1 aliphatic heterocycles. The van der Waals surface area contributed by atoms with Crippen LogP contribution in [-0.4, -0.2) is 40.8 Å². The van der Waals surface area contributed by atoms with Gasteiger partial charge in [-0.2, -0.15) is 0 Å². The third-order valence-electron chi connectivity index (χ3n) is 4.29. The molecule has 1 heterocycles. The number of β-amino-alcohol motifs (C(OH)–C–C–N with tert-alkyl or cyclic N) is 1. The Morgan fingerprint density at radius 3 is 2.36 bits per heavy atom. The molecule has 3 heteroatoms. The predicted molar refractivity (Wildman–Crippen MR) is 54.9 cm³/mol. The van der Waals surface area contributed by atoms with Gasteiger partial charge in [0.2, 0.25) is 0 Å². The highest BCUT2D eigenvalue weighted by Gasteiger charge is 2.54. The lowest BCUT2D eigenvalue weighted by molar-refractivity contribution is -0.129. The maximum atomic E-state index is 10.2. The average Bonchev–Trinajstić information content (AvgIpc) is 2.86. The largest absolute Gasteiger partial charge is 0.387 e. The molecule has 0 spiro atoms. The maximum absolute atomic E-state index is 10.2. The van der Waals surface area contributed by atoms with Crippen molar-refractivity contribution < 1.29 is 5.11 Å². The van der Waals surface area contributed by atoms with Gasteiger partial charge in [-0.3, -0.25) is 4.90 Å². The summed E-state index contributed by atoms with van der Waals surface area (Å²) in [5.74, 6) is 0.608. The Hall–Kier alpha value is -0.120. The minimum absolute atomic E-state index is 0.331. The van der Waals surface area contributed by atoms with Crippen molar-refractivity contribution in [3.05, 3.63) is 0 Å². The first-order valence-corrected chi connectivity index (χ1v) is 5.91. The second-order valence-electron chi connectivity index (χ2n) is 5.44. The summed E-state index contributed by atoms with van der Waals surface area (Å²) in [6, 6.07) is 0.924. The van der Waals surface area contributed by atoms with Crippen LogP contribution in [0.25, 0.3) is 0 Å². The van der Waals surface area contributed by atoms with E-state index in [9.17, 15) is 5.11 Å². The Bertz CT molecular complexity index is 233. The second-order valence-corrected chi connectivity index (χ2v) is 5.44.